The van der Waals surface area contributed by atoms with Crippen molar-refractivity contribution in [3.05, 3.63) is 35.9 Å². The molecule has 3 rings (SSSR count). The van der Waals surface area contributed by atoms with Crippen molar-refractivity contribution >= 4 is 17.9 Å². The number of hydrogen-bond donors (Lipinski definition) is 3. The molecule has 28 heavy (non-hydrogen) atoms. The average molecular weight is 391 g/mol. The van der Waals surface area contributed by atoms with Gasteiger partial charge in [0.2, 0.25) is 0 Å². The molecule has 1 unspecified atom stereocenters. The quantitative estimate of drug-likeness (QED) is 0.539. The topological polar surface area (TPSA) is 131 Å². The summed E-state index contributed by atoms with van der Waals surface area (Å²) in [6.07, 6.45) is -2.41. The van der Waals surface area contributed by atoms with E-state index in [1.165, 1.54) is 4.90 Å². The van der Waals surface area contributed by atoms with Crippen LogP contribution in [0, 0.1) is 0 Å². The molecule has 4 N–H and O–H groups in total. The fourth-order valence-corrected chi connectivity index (χ4v) is 3.07. The van der Waals surface area contributed by atoms with E-state index < -0.39 is 30.3 Å². The van der Waals surface area contributed by atoms with Crippen molar-refractivity contribution < 1.29 is 29.0 Å². The van der Waals surface area contributed by atoms with E-state index in [-0.39, 0.29) is 18.5 Å². The molecule has 9 heteroatoms. The highest BCUT2D eigenvalue weighted by atomic mass is 16.6. The molecule has 3 amide bonds. The molecule has 0 radical (unpaired) electrons. The van der Waals surface area contributed by atoms with Gasteiger partial charge in [0.05, 0.1) is 13.2 Å². The van der Waals surface area contributed by atoms with Crippen molar-refractivity contribution in [1.82, 2.24) is 10.2 Å². The van der Waals surface area contributed by atoms with Crippen LogP contribution in [0.15, 0.2) is 30.3 Å². The molecule has 1 saturated heterocycles. The molecular formula is C19H25N3O6. The standard InChI is InChI=1S/C19H25N3O6/c20-19(26)28-15(16(23)17(24)21-13-6-7-13)10-22-9-8-14(18(22)25)27-11-12-4-2-1-3-5-12/h1-5,13-16,23H,6-11H2,(H2,20,26)(H,21,24)/t14-,15-,16?/m0/s1. The Hall–Kier alpha value is -2.65. The van der Waals surface area contributed by atoms with E-state index in [0.29, 0.717) is 19.6 Å². The lowest BCUT2D eigenvalue weighted by Crippen LogP contribution is -2.50. The Morgan fingerprint density at radius 3 is 2.61 bits per heavy atom. The van der Waals surface area contributed by atoms with Gasteiger partial charge in [-0.1, -0.05) is 30.3 Å². The minimum Gasteiger partial charge on any atom is -0.441 e. The zero-order chi connectivity index (χ0) is 20.1. The number of benzene rings is 1. The summed E-state index contributed by atoms with van der Waals surface area (Å²) < 4.78 is 10.6. The second-order valence-corrected chi connectivity index (χ2v) is 7.06. The first-order chi connectivity index (χ1) is 13.4. The van der Waals surface area contributed by atoms with Gasteiger partial charge < -0.3 is 30.5 Å². The Balaban J connectivity index is 1.55. The van der Waals surface area contributed by atoms with Gasteiger partial charge in [-0.2, -0.15) is 0 Å². The first-order valence-corrected chi connectivity index (χ1v) is 9.33. The maximum Gasteiger partial charge on any atom is 0.404 e. The van der Waals surface area contributed by atoms with Crippen molar-refractivity contribution in [3.8, 4) is 0 Å². The molecule has 1 aromatic carbocycles. The first-order valence-electron chi connectivity index (χ1n) is 9.33. The summed E-state index contributed by atoms with van der Waals surface area (Å²) in [4.78, 5) is 37.2. The predicted molar refractivity (Wildman–Crippen MR) is 97.8 cm³/mol. The summed E-state index contributed by atoms with van der Waals surface area (Å²) in [6, 6.07) is 9.53. The van der Waals surface area contributed by atoms with Crippen LogP contribution in [0.4, 0.5) is 4.79 Å². The number of aliphatic hydroxyl groups excluding tert-OH is 1. The van der Waals surface area contributed by atoms with Crippen LogP contribution in [-0.2, 0) is 25.7 Å². The van der Waals surface area contributed by atoms with Gasteiger partial charge in [-0.25, -0.2) is 4.79 Å². The normalized spacial score (nSPS) is 21.2. The highest BCUT2D eigenvalue weighted by Crippen LogP contribution is 2.20. The SMILES string of the molecule is NC(=O)O[C@@H](CN1CC[C@H](OCc2ccccc2)C1=O)C(O)C(=O)NC1CC1. The van der Waals surface area contributed by atoms with E-state index >= 15 is 0 Å². The fourth-order valence-electron chi connectivity index (χ4n) is 3.07. The third kappa shape index (κ3) is 5.43. The maximum absolute atomic E-state index is 12.6. The molecule has 9 nitrogen and oxygen atoms in total. The summed E-state index contributed by atoms with van der Waals surface area (Å²) in [7, 11) is 0. The number of primary amides is 1. The van der Waals surface area contributed by atoms with Crippen molar-refractivity contribution in [1.29, 1.82) is 0 Å². The van der Waals surface area contributed by atoms with E-state index in [4.69, 9.17) is 15.2 Å². The van der Waals surface area contributed by atoms with Crippen molar-refractivity contribution in [2.75, 3.05) is 13.1 Å². The molecular weight excluding hydrogens is 366 g/mol. The highest BCUT2D eigenvalue weighted by Gasteiger charge is 2.39. The van der Waals surface area contributed by atoms with E-state index in [1.54, 1.807) is 0 Å². The fraction of sp³-hybridized carbons (Fsp3) is 0.526. The third-order valence-corrected chi connectivity index (χ3v) is 4.75. The van der Waals surface area contributed by atoms with Crippen LogP contribution in [0.5, 0.6) is 0 Å². The number of aliphatic hydroxyl groups is 1. The minimum absolute atomic E-state index is 0.0422. The van der Waals surface area contributed by atoms with Crippen LogP contribution >= 0.6 is 0 Å². The summed E-state index contributed by atoms with van der Waals surface area (Å²) in [5.41, 5.74) is 6.02. The molecule has 1 saturated carbocycles. The molecule has 0 spiro atoms. The Bertz CT molecular complexity index is 709. The maximum atomic E-state index is 12.6. The van der Waals surface area contributed by atoms with Gasteiger partial charge in [-0.3, -0.25) is 9.59 Å². The number of amides is 3. The van der Waals surface area contributed by atoms with Crippen molar-refractivity contribution in [2.24, 2.45) is 5.73 Å². The summed E-state index contributed by atoms with van der Waals surface area (Å²) in [6.45, 7) is 0.540. The minimum atomic E-state index is -1.61. The van der Waals surface area contributed by atoms with E-state index in [1.807, 2.05) is 30.3 Å². The predicted octanol–water partition coefficient (Wildman–Crippen LogP) is -0.0925. The summed E-state index contributed by atoms with van der Waals surface area (Å²) in [5, 5.41) is 12.9. The second kappa shape index (κ2) is 9.03. The van der Waals surface area contributed by atoms with Crippen LogP contribution in [-0.4, -0.2) is 65.4 Å². The van der Waals surface area contributed by atoms with Gasteiger partial charge in [0.25, 0.3) is 11.8 Å². The lowest BCUT2D eigenvalue weighted by molar-refractivity contribution is -0.143. The lowest BCUT2D eigenvalue weighted by atomic mass is 10.1. The number of likely N-dealkylation sites (tertiary alicyclic amines) is 1. The molecule has 1 heterocycles. The Morgan fingerprint density at radius 2 is 1.96 bits per heavy atom. The molecule has 152 valence electrons. The molecule has 0 bridgehead atoms. The van der Waals surface area contributed by atoms with Gasteiger partial charge in [0.15, 0.2) is 12.2 Å². The number of rotatable bonds is 9. The molecule has 2 aliphatic rings. The molecule has 1 aliphatic heterocycles. The van der Waals surface area contributed by atoms with Crippen molar-refractivity contribution in [3.63, 3.8) is 0 Å². The number of ether oxygens (including phenoxy) is 2. The molecule has 0 aromatic heterocycles. The number of carbonyl (C=O) groups excluding carboxylic acids is 3. The van der Waals surface area contributed by atoms with Crippen LogP contribution in [0.25, 0.3) is 0 Å². The van der Waals surface area contributed by atoms with Crippen LogP contribution < -0.4 is 11.1 Å². The smallest absolute Gasteiger partial charge is 0.404 e. The van der Waals surface area contributed by atoms with E-state index in [2.05, 4.69) is 5.32 Å². The number of nitrogens with two attached hydrogens (primary N) is 1. The zero-order valence-corrected chi connectivity index (χ0v) is 15.5. The van der Waals surface area contributed by atoms with Crippen molar-refractivity contribution in [2.45, 2.75) is 50.2 Å². The largest absolute Gasteiger partial charge is 0.441 e. The summed E-state index contributed by atoms with van der Waals surface area (Å²) in [5.74, 6) is -0.916. The Kier molecular flexibility index (Phi) is 6.48. The van der Waals surface area contributed by atoms with Gasteiger partial charge in [0.1, 0.15) is 6.10 Å². The monoisotopic (exact) mass is 391 g/mol. The van der Waals surface area contributed by atoms with Gasteiger partial charge in [-0.15, -0.1) is 0 Å². The van der Waals surface area contributed by atoms with Crippen LogP contribution in [0.1, 0.15) is 24.8 Å². The summed E-state index contributed by atoms with van der Waals surface area (Å²) >= 11 is 0. The number of carbonyl (C=O) groups is 3. The highest BCUT2D eigenvalue weighted by molar-refractivity contribution is 5.84. The van der Waals surface area contributed by atoms with E-state index in [0.717, 1.165) is 18.4 Å². The van der Waals surface area contributed by atoms with Gasteiger partial charge in [-0.05, 0) is 18.4 Å². The van der Waals surface area contributed by atoms with Crippen LogP contribution in [0.2, 0.25) is 0 Å². The molecule has 3 atom stereocenters. The third-order valence-electron chi connectivity index (χ3n) is 4.75. The first kappa shape index (κ1) is 20.1. The second-order valence-electron chi connectivity index (χ2n) is 7.06. The molecule has 1 aliphatic carbocycles. The lowest BCUT2D eigenvalue weighted by Gasteiger charge is -2.26. The number of nitrogens with zero attached hydrogens (tertiary/aromatic N) is 1. The van der Waals surface area contributed by atoms with Gasteiger partial charge in [0, 0.05) is 19.0 Å². The molecule has 2 fully saturated rings. The molecule has 1 aromatic rings. The van der Waals surface area contributed by atoms with Gasteiger partial charge >= 0.3 is 6.09 Å². The van der Waals surface area contributed by atoms with Crippen LogP contribution in [0.3, 0.4) is 0 Å². The zero-order valence-electron chi connectivity index (χ0n) is 15.5. The Labute approximate surface area is 162 Å². The Morgan fingerprint density at radius 1 is 1.25 bits per heavy atom. The number of nitrogens with one attached hydrogen (secondary N) is 1. The average Bonchev–Trinajstić information content (AvgIpc) is 3.42. The number of hydrogen-bond acceptors (Lipinski definition) is 6. The van der Waals surface area contributed by atoms with E-state index in [9.17, 15) is 19.5 Å².